The summed E-state index contributed by atoms with van der Waals surface area (Å²) in [6.07, 6.45) is 5.43. The third-order valence-electron chi connectivity index (χ3n) is 4.12. The monoisotopic (exact) mass is 223 g/mol. The van der Waals surface area contributed by atoms with Crippen molar-refractivity contribution in [2.75, 3.05) is 13.1 Å². The second-order valence-corrected chi connectivity index (χ2v) is 5.81. The Labute approximate surface area is 98.9 Å². The largest absolute Gasteiger partial charge is 0.370 e. The van der Waals surface area contributed by atoms with Gasteiger partial charge in [-0.25, -0.2) is 0 Å². The highest BCUT2D eigenvalue weighted by Gasteiger charge is 2.38. The van der Waals surface area contributed by atoms with Gasteiger partial charge in [-0.05, 0) is 42.9 Å². The Hall–Kier alpha value is -0.730. The molecule has 92 valence electrons. The Balaban J connectivity index is 1.58. The smallest absolute Gasteiger partial charge is 0.188 e. The van der Waals surface area contributed by atoms with Gasteiger partial charge in [0.15, 0.2) is 5.96 Å². The van der Waals surface area contributed by atoms with Gasteiger partial charge in [-0.15, -0.1) is 0 Å². The molecule has 3 heteroatoms. The second kappa shape index (κ2) is 5.07. The zero-order valence-electron chi connectivity index (χ0n) is 10.6. The molecule has 2 rings (SSSR count). The second-order valence-electron chi connectivity index (χ2n) is 5.81. The molecule has 0 aromatic heterocycles. The summed E-state index contributed by atoms with van der Waals surface area (Å²) in [6.45, 7) is 6.55. The first-order valence-corrected chi connectivity index (χ1v) is 6.70. The van der Waals surface area contributed by atoms with Gasteiger partial charge in [0.2, 0.25) is 0 Å². The van der Waals surface area contributed by atoms with Gasteiger partial charge in [0.1, 0.15) is 0 Å². The average Bonchev–Trinajstić information content (AvgIpc) is 2.91. The standard InChI is InChI=1S/C13H25N3/c1-9(2)12-6-11(12)8-16-13(14)15-7-10-4-3-5-10/h9-12H,3-8H2,1-2H3,(H3,14,15,16)/t11-,12-/m0/s1. The Morgan fingerprint density at radius 2 is 2.19 bits per heavy atom. The van der Waals surface area contributed by atoms with E-state index < -0.39 is 0 Å². The first-order chi connectivity index (χ1) is 7.66. The van der Waals surface area contributed by atoms with Crippen LogP contribution >= 0.6 is 0 Å². The van der Waals surface area contributed by atoms with Crippen molar-refractivity contribution in [2.45, 2.75) is 39.5 Å². The van der Waals surface area contributed by atoms with E-state index in [1.807, 2.05) is 0 Å². The molecule has 2 saturated carbocycles. The van der Waals surface area contributed by atoms with E-state index in [9.17, 15) is 0 Å². The van der Waals surface area contributed by atoms with Crippen molar-refractivity contribution in [3.8, 4) is 0 Å². The number of aliphatic imine (C=N–C) groups is 1. The molecule has 3 N–H and O–H groups in total. The van der Waals surface area contributed by atoms with Crippen molar-refractivity contribution in [1.29, 1.82) is 0 Å². The molecule has 3 nitrogen and oxygen atoms in total. The van der Waals surface area contributed by atoms with Crippen LogP contribution in [-0.4, -0.2) is 19.0 Å². The molecule has 0 aromatic rings. The summed E-state index contributed by atoms with van der Waals surface area (Å²) in [5.41, 5.74) is 5.84. The zero-order chi connectivity index (χ0) is 11.5. The first-order valence-electron chi connectivity index (χ1n) is 6.70. The van der Waals surface area contributed by atoms with E-state index in [0.717, 1.165) is 36.8 Å². The van der Waals surface area contributed by atoms with Crippen molar-refractivity contribution in [1.82, 2.24) is 5.32 Å². The fourth-order valence-electron chi connectivity index (χ4n) is 2.52. The van der Waals surface area contributed by atoms with Crippen molar-refractivity contribution in [2.24, 2.45) is 34.4 Å². The van der Waals surface area contributed by atoms with Crippen LogP contribution in [0.1, 0.15) is 39.5 Å². The summed E-state index contributed by atoms with van der Waals surface area (Å²) in [6, 6.07) is 0. The van der Waals surface area contributed by atoms with Crippen LogP contribution in [0.2, 0.25) is 0 Å². The maximum Gasteiger partial charge on any atom is 0.188 e. The Bertz CT molecular complexity index is 256. The molecule has 0 bridgehead atoms. The highest BCUT2D eigenvalue weighted by molar-refractivity contribution is 5.77. The Morgan fingerprint density at radius 1 is 1.44 bits per heavy atom. The van der Waals surface area contributed by atoms with Crippen LogP contribution in [0, 0.1) is 23.7 Å². The van der Waals surface area contributed by atoms with Crippen LogP contribution in [0.4, 0.5) is 0 Å². The number of rotatable bonds is 5. The summed E-state index contributed by atoms with van der Waals surface area (Å²) in [5, 5.41) is 3.26. The quantitative estimate of drug-likeness (QED) is 0.553. The van der Waals surface area contributed by atoms with Crippen LogP contribution in [-0.2, 0) is 0 Å². The van der Waals surface area contributed by atoms with Gasteiger partial charge in [-0.2, -0.15) is 0 Å². The molecule has 0 saturated heterocycles. The van der Waals surface area contributed by atoms with Gasteiger partial charge in [-0.1, -0.05) is 20.3 Å². The molecule has 16 heavy (non-hydrogen) atoms. The molecule has 2 aliphatic rings. The van der Waals surface area contributed by atoms with Crippen molar-refractivity contribution >= 4 is 5.96 Å². The SMILES string of the molecule is CC(C)[C@@H]1C[C@H]1CNC(N)=NCC1CCC1. The Kier molecular flexibility index (Phi) is 3.72. The van der Waals surface area contributed by atoms with E-state index in [2.05, 4.69) is 24.2 Å². The topological polar surface area (TPSA) is 50.4 Å². The van der Waals surface area contributed by atoms with E-state index in [4.69, 9.17) is 5.73 Å². The van der Waals surface area contributed by atoms with Gasteiger partial charge in [0.25, 0.3) is 0 Å². The Morgan fingerprint density at radius 3 is 2.69 bits per heavy atom. The summed E-state index contributed by atoms with van der Waals surface area (Å²) in [5.74, 6) is 4.02. The molecular weight excluding hydrogens is 198 g/mol. The van der Waals surface area contributed by atoms with Gasteiger partial charge in [-0.3, -0.25) is 4.99 Å². The normalized spacial score (nSPS) is 30.3. The van der Waals surface area contributed by atoms with Crippen molar-refractivity contribution in [3.05, 3.63) is 0 Å². The van der Waals surface area contributed by atoms with Crippen molar-refractivity contribution < 1.29 is 0 Å². The molecule has 0 aromatic carbocycles. The van der Waals surface area contributed by atoms with E-state index in [1.165, 1.54) is 25.7 Å². The highest BCUT2D eigenvalue weighted by Crippen LogP contribution is 2.43. The molecular formula is C13H25N3. The molecule has 0 unspecified atom stereocenters. The van der Waals surface area contributed by atoms with Gasteiger partial charge < -0.3 is 11.1 Å². The highest BCUT2D eigenvalue weighted by atomic mass is 15.1. The van der Waals surface area contributed by atoms with Crippen LogP contribution in [0.3, 0.4) is 0 Å². The van der Waals surface area contributed by atoms with Crippen LogP contribution < -0.4 is 11.1 Å². The van der Waals surface area contributed by atoms with Gasteiger partial charge in [0, 0.05) is 13.1 Å². The maximum atomic E-state index is 5.84. The number of nitrogens with one attached hydrogen (secondary N) is 1. The van der Waals surface area contributed by atoms with Crippen LogP contribution in [0.25, 0.3) is 0 Å². The molecule has 2 atom stereocenters. The zero-order valence-corrected chi connectivity index (χ0v) is 10.6. The first kappa shape index (κ1) is 11.7. The minimum atomic E-state index is 0.654. The number of nitrogens with zero attached hydrogens (tertiary/aromatic N) is 1. The minimum absolute atomic E-state index is 0.654. The predicted octanol–water partition coefficient (Wildman–Crippen LogP) is 1.98. The average molecular weight is 223 g/mol. The van der Waals surface area contributed by atoms with Crippen molar-refractivity contribution in [3.63, 3.8) is 0 Å². The van der Waals surface area contributed by atoms with E-state index >= 15 is 0 Å². The number of guanidine groups is 1. The summed E-state index contributed by atoms with van der Waals surface area (Å²) >= 11 is 0. The molecule has 0 amide bonds. The molecule has 0 radical (unpaired) electrons. The summed E-state index contributed by atoms with van der Waals surface area (Å²) in [4.78, 5) is 4.40. The molecule has 0 spiro atoms. The lowest BCUT2D eigenvalue weighted by Crippen LogP contribution is -2.34. The summed E-state index contributed by atoms with van der Waals surface area (Å²) in [7, 11) is 0. The molecule has 2 aliphatic carbocycles. The third kappa shape index (κ3) is 3.13. The van der Waals surface area contributed by atoms with E-state index in [1.54, 1.807) is 0 Å². The fraction of sp³-hybridized carbons (Fsp3) is 0.923. The van der Waals surface area contributed by atoms with Gasteiger partial charge in [0.05, 0.1) is 0 Å². The van der Waals surface area contributed by atoms with E-state index in [0.29, 0.717) is 5.96 Å². The minimum Gasteiger partial charge on any atom is -0.370 e. The molecule has 0 heterocycles. The molecule has 2 fully saturated rings. The number of hydrogen-bond acceptors (Lipinski definition) is 1. The van der Waals surface area contributed by atoms with Crippen LogP contribution in [0.15, 0.2) is 4.99 Å². The third-order valence-corrected chi connectivity index (χ3v) is 4.12. The lowest BCUT2D eigenvalue weighted by atomic mass is 9.86. The lowest BCUT2D eigenvalue weighted by Gasteiger charge is -2.23. The lowest BCUT2D eigenvalue weighted by molar-refractivity contribution is 0.326. The van der Waals surface area contributed by atoms with Gasteiger partial charge >= 0.3 is 0 Å². The number of nitrogens with two attached hydrogens (primary N) is 1. The fourth-order valence-corrected chi connectivity index (χ4v) is 2.52. The van der Waals surface area contributed by atoms with Crippen LogP contribution in [0.5, 0.6) is 0 Å². The number of hydrogen-bond donors (Lipinski definition) is 2. The van der Waals surface area contributed by atoms with E-state index in [-0.39, 0.29) is 0 Å². The maximum absolute atomic E-state index is 5.84. The summed E-state index contributed by atoms with van der Waals surface area (Å²) < 4.78 is 0. The molecule has 0 aliphatic heterocycles. The predicted molar refractivity (Wildman–Crippen MR) is 68.3 cm³/mol.